The molecule has 0 bridgehead atoms. The highest BCUT2D eigenvalue weighted by Gasteiger charge is 2.11. The van der Waals surface area contributed by atoms with Crippen LogP contribution in [0, 0.1) is 13.8 Å². The Hall–Kier alpha value is -2.44. The molecule has 0 aliphatic carbocycles. The number of ether oxygens (including phenoxy) is 2. The number of thiazole rings is 1. The molecule has 5 nitrogen and oxygen atoms in total. The lowest BCUT2D eigenvalue weighted by atomic mass is 10.1. The zero-order valence-corrected chi connectivity index (χ0v) is 16.9. The van der Waals surface area contributed by atoms with Crippen molar-refractivity contribution < 1.29 is 14.3 Å². The summed E-state index contributed by atoms with van der Waals surface area (Å²) in [5.41, 5.74) is 4.41. The smallest absolute Gasteiger partial charge is 0.252 e. The summed E-state index contributed by atoms with van der Waals surface area (Å²) in [6, 6.07) is 11.8. The number of amides is 1. The van der Waals surface area contributed by atoms with Gasteiger partial charge in [-0.1, -0.05) is 29.5 Å². The monoisotopic (exact) mass is 384 g/mol. The van der Waals surface area contributed by atoms with Gasteiger partial charge in [-0.05, 0) is 48.7 Å². The minimum Gasteiger partial charge on any atom is -0.497 e. The summed E-state index contributed by atoms with van der Waals surface area (Å²) in [5, 5.41) is 0. The van der Waals surface area contributed by atoms with E-state index in [0.717, 1.165) is 21.5 Å². The first-order valence-corrected chi connectivity index (χ1v) is 9.63. The van der Waals surface area contributed by atoms with Crippen LogP contribution in [0.1, 0.15) is 16.7 Å². The number of nitrogens with zero attached hydrogens (tertiary/aromatic N) is 2. The fourth-order valence-corrected chi connectivity index (χ4v) is 4.18. The Morgan fingerprint density at radius 2 is 1.89 bits per heavy atom. The van der Waals surface area contributed by atoms with Crippen molar-refractivity contribution in [1.29, 1.82) is 0 Å². The van der Waals surface area contributed by atoms with Crippen molar-refractivity contribution in [3.05, 3.63) is 57.9 Å². The van der Waals surface area contributed by atoms with Crippen molar-refractivity contribution in [3.63, 3.8) is 0 Å². The molecule has 1 amide bonds. The molecule has 2 aromatic carbocycles. The predicted molar refractivity (Wildman–Crippen MR) is 108 cm³/mol. The molecule has 6 heteroatoms. The van der Waals surface area contributed by atoms with E-state index in [-0.39, 0.29) is 12.3 Å². The van der Waals surface area contributed by atoms with Gasteiger partial charge < -0.3 is 14.0 Å². The van der Waals surface area contributed by atoms with Gasteiger partial charge in [0.25, 0.3) is 5.91 Å². The average molecular weight is 385 g/mol. The van der Waals surface area contributed by atoms with Gasteiger partial charge in [-0.2, -0.15) is 4.99 Å². The van der Waals surface area contributed by atoms with Crippen molar-refractivity contribution in [1.82, 2.24) is 4.57 Å². The molecule has 0 unspecified atom stereocenters. The van der Waals surface area contributed by atoms with Crippen LogP contribution in [0.4, 0.5) is 0 Å². The maximum absolute atomic E-state index is 12.6. The van der Waals surface area contributed by atoms with E-state index in [0.29, 0.717) is 18.0 Å². The van der Waals surface area contributed by atoms with Crippen LogP contribution in [0.2, 0.25) is 0 Å². The van der Waals surface area contributed by atoms with E-state index in [1.165, 1.54) is 11.1 Å². The van der Waals surface area contributed by atoms with E-state index in [2.05, 4.69) is 35.5 Å². The van der Waals surface area contributed by atoms with Crippen molar-refractivity contribution in [2.45, 2.75) is 26.8 Å². The number of aryl methyl sites for hydroxylation is 2. The largest absolute Gasteiger partial charge is 0.497 e. The molecule has 0 aliphatic rings. The van der Waals surface area contributed by atoms with Gasteiger partial charge in [-0.3, -0.25) is 4.79 Å². The van der Waals surface area contributed by atoms with Crippen molar-refractivity contribution >= 4 is 27.5 Å². The van der Waals surface area contributed by atoms with Crippen molar-refractivity contribution in [2.24, 2.45) is 4.99 Å². The molecule has 0 fully saturated rings. The van der Waals surface area contributed by atoms with Gasteiger partial charge in [-0.25, -0.2) is 0 Å². The minimum atomic E-state index is -0.160. The third kappa shape index (κ3) is 4.46. The second-order valence-electron chi connectivity index (χ2n) is 6.49. The predicted octanol–water partition coefficient (Wildman–Crippen LogP) is 3.64. The van der Waals surface area contributed by atoms with Gasteiger partial charge in [0.1, 0.15) is 5.75 Å². The average Bonchev–Trinajstić information content (AvgIpc) is 2.98. The molecule has 142 valence electrons. The Balaban J connectivity index is 1.97. The van der Waals surface area contributed by atoms with Gasteiger partial charge in [0, 0.05) is 13.7 Å². The van der Waals surface area contributed by atoms with Crippen LogP contribution in [-0.2, 0) is 22.5 Å². The number of methoxy groups -OCH3 is 2. The first kappa shape index (κ1) is 19.3. The van der Waals surface area contributed by atoms with Gasteiger partial charge in [0.2, 0.25) is 0 Å². The molecule has 3 aromatic rings. The maximum Gasteiger partial charge on any atom is 0.252 e. The van der Waals surface area contributed by atoms with E-state index in [9.17, 15) is 4.79 Å². The van der Waals surface area contributed by atoms with E-state index in [1.54, 1.807) is 25.6 Å². The van der Waals surface area contributed by atoms with Crippen LogP contribution in [0.15, 0.2) is 41.4 Å². The quantitative estimate of drug-likeness (QED) is 0.652. The number of carbonyl (C=O) groups is 1. The molecule has 0 saturated carbocycles. The third-order valence-corrected chi connectivity index (χ3v) is 5.60. The summed E-state index contributed by atoms with van der Waals surface area (Å²) in [4.78, 5) is 17.7. The van der Waals surface area contributed by atoms with Crippen LogP contribution < -0.4 is 9.54 Å². The van der Waals surface area contributed by atoms with Gasteiger partial charge in [-0.15, -0.1) is 0 Å². The minimum absolute atomic E-state index is 0.160. The number of rotatable bonds is 6. The lowest BCUT2D eigenvalue weighted by molar-refractivity contribution is -0.117. The number of fused-ring (bicyclic) bond motifs is 1. The van der Waals surface area contributed by atoms with Crippen LogP contribution in [0.5, 0.6) is 5.75 Å². The summed E-state index contributed by atoms with van der Waals surface area (Å²) in [5.74, 6) is 0.614. The summed E-state index contributed by atoms with van der Waals surface area (Å²) < 4.78 is 13.6. The molecule has 0 aliphatic heterocycles. The van der Waals surface area contributed by atoms with Crippen molar-refractivity contribution in [3.8, 4) is 5.75 Å². The van der Waals surface area contributed by atoms with E-state index in [1.807, 2.05) is 24.3 Å². The first-order valence-electron chi connectivity index (χ1n) is 8.82. The number of aromatic nitrogens is 1. The molecule has 0 saturated heterocycles. The molecule has 27 heavy (non-hydrogen) atoms. The summed E-state index contributed by atoms with van der Waals surface area (Å²) >= 11 is 1.55. The van der Waals surface area contributed by atoms with Crippen LogP contribution in [-0.4, -0.2) is 31.3 Å². The Morgan fingerprint density at radius 1 is 1.15 bits per heavy atom. The summed E-state index contributed by atoms with van der Waals surface area (Å²) in [6.07, 6.45) is 0.264. The molecule has 1 aromatic heterocycles. The number of hydrogen-bond donors (Lipinski definition) is 0. The SMILES string of the molecule is COCCn1c(=NC(=O)Cc2ccc(OC)cc2)sc2c(C)cc(C)cc21. The zero-order valence-electron chi connectivity index (χ0n) is 16.1. The lowest BCUT2D eigenvalue weighted by Crippen LogP contribution is -2.19. The van der Waals surface area contributed by atoms with Crippen molar-refractivity contribution in [2.75, 3.05) is 20.8 Å². The first-order chi connectivity index (χ1) is 13.0. The van der Waals surface area contributed by atoms with Crippen LogP contribution in [0.3, 0.4) is 0 Å². The van der Waals surface area contributed by atoms with E-state index < -0.39 is 0 Å². The fraction of sp³-hybridized carbons (Fsp3) is 0.333. The molecule has 1 heterocycles. The Morgan fingerprint density at radius 3 is 2.56 bits per heavy atom. The van der Waals surface area contributed by atoms with E-state index >= 15 is 0 Å². The third-order valence-electron chi connectivity index (χ3n) is 4.37. The molecular weight excluding hydrogens is 360 g/mol. The molecular formula is C21H24N2O3S. The van der Waals surface area contributed by atoms with Gasteiger partial charge in [0.05, 0.1) is 30.4 Å². The zero-order chi connectivity index (χ0) is 19.4. The topological polar surface area (TPSA) is 52.8 Å². The maximum atomic E-state index is 12.6. The Labute approximate surface area is 162 Å². The number of benzene rings is 2. The molecule has 0 spiro atoms. The molecule has 0 N–H and O–H groups in total. The molecule has 0 radical (unpaired) electrons. The number of hydrogen-bond acceptors (Lipinski definition) is 4. The normalized spacial score (nSPS) is 11.9. The van der Waals surface area contributed by atoms with Gasteiger partial charge in [0.15, 0.2) is 4.80 Å². The van der Waals surface area contributed by atoms with Crippen LogP contribution in [0.25, 0.3) is 10.2 Å². The highest BCUT2D eigenvalue weighted by molar-refractivity contribution is 7.16. The molecule has 3 rings (SSSR count). The Bertz CT molecular complexity index is 1020. The highest BCUT2D eigenvalue weighted by atomic mass is 32.1. The second kappa shape index (κ2) is 8.50. The van der Waals surface area contributed by atoms with Gasteiger partial charge >= 0.3 is 0 Å². The fourth-order valence-electron chi connectivity index (χ4n) is 3.06. The van der Waals surface area contributed by atoms with E-state index in [4.69, 9.17) is 9.47 Å². The summed E-state index contributed by atoms with van der Waals surface area (Å²) in [7, 11) is 3.30. The standard InChI is InChI=1S/C21H24N2O3S/c1-14-11-15(2)20-18(12-14)23(9-10-25-3)21(27-20)22-19(24)13-16-5-7-17(26-4)8-6-16/h5-8,11-12H,9-10,13H2,1-4H3. The second-order valence-corrected chi connectivity index (χ2v) is 7.47. The van der Waals surface area contributed by atoms with Crippen LogP contribution >= 0.6 is 11.3 Å². The molecule has 0 atom stereocenters. The summed E-state index contributed by atoms with van der Waals surface area (Å²) in [6.45, 7) is 5.40. The highest BCUT2D eigenvalue weighted by Crippen LogP contribution is 2.23. The Kier molecular flexibility index (Phi) is 6.08. The number of carbonyl (C=O) groups excluding carboxylic acids is 1. The lowest BCUT2D eigenvalue weighted by Gasteiger charge is -2.06.